The Morgan fingerprint density at radius 1 is 0.440 bits per heavy atom. The molecule has 9 N–H and O–H groups in total. The summed E-state index contributed by atoms with van der Waals surface area (Å²) in [5, 5.41) is 87.0. The van der Waals surface area contributed by atoms with E-state index in [1.807, 2.05) is 6.08 Å². The second kappa shape index (κ2) is 52.9. The highest BCUT2D eigenvalue weighted by Gasteiger charge is 2.51. The number of amides is 1. The molecular formula is C70H111NO13. The molecule has 2 heterocycles. The van der Waals surface area contributed by atoms with Crippen molar-refractivity contribution < 1.29 is 64.6 Å². The van der Waals surface area contributed by atoms with Crippen LogP contribution >= 0.6 is 0 Å². The molecule has 2 fully saturated rings. The molecular weight excluding hydrogens is 1060 g/mol. The number of carbonyl (C=O) groups excluding carboxylic acids is 1. The predicted octanol–water partition coefficient (Wildman–Crippen LogP) is 11.9. The van der Waals surface area contributed by atoms with E-state index in [1.54, 1.807) is 6.08 Å². The normalized spacial score (nSPS) is 24.8. The van der Waals surface area contributed by atoms with Crippen LogP contribution < -0.4 is 5.32 Å². The Morgan fingerprint density at radius 3 is 1.31 bits per heavy atom. The number of rotatable bonds is 48. The van der Waals surface area contributed by atoms with E-state index < -0.39 is 86.8 Å². The van der Waals surface area contributed by atoms with Gasteiger partial charge in [0.2, 0.25) is 5.91 Å². The van der Waals surface area contributed by atoms with Crippen molar-refractivity contribution in [1.29, 1.82) is 0 Å². The van der Waals surface area contributed by atoms with Gasteiger partial charge in [0, 0.05) is 6.42 Å². The molecule has 0 saturated carbocycles. The third-order valence-corrected chi connectivity index (χ3v) is 14.2. The Labute approximate surface area is 505 Å². The molecule has 0 bridgehead atoms. The summed E-state index contributed by atoms with van der Waals surface area (Å²) in [5.74, 6) is -0.290. The van der Waals surface area contributed by atoms with E-state index in [-0.39, 0.29) is 18.9 Å². The molecule has 2 aliphatic rings. The molecule has 0 aromatic rings. The molecule has 2 aliphatic heterocycles. The van der Waals surface area contributed by atoms with Gasteiger partial charge in [0.25, 0.3) is 0 Å². The van der Waals surface area contributed by atoms with Crippen molar-refractivity contribution in [2.24, 2.45) is 0 Å². The van der Waals surface area contributed by atoms with Crippen LogP contribution in [0.3, 0.4) is 0 Å². The molecule has 12 atom stereocenters. The van der Waals surface area contributed by atoms with Crippen LogP contribution in [-0.2, 0) is 23.7 Å². The van der Waals surface area contributed by atoms with Gasteiger partial charge in [0.15, 0.2) is 12.6 Å². The van der Waals surface area contributed by atoms with E-state index >= 15 is 0 Å². The van der Waals surface area contributed by atoms with Gasteiger partial charge in [-0.2, -0.15) is 0 Å². The summed E-state index contributed by atoms with van der Waals surface area (Å²) in [6.07, 6.45) is 64.4. The lowest BCUT2D eigenvalue weighted by Gasteiger charge is -2.46. The summed E-state index contributed by atoms with van der Waals surface area (Å²) in [5.41, 5.74) is 0. The monoisotopic (exact) mass is 1170 g/mol. The van der Waals surface area contributed by atoms with E-state index in [9.17, 15) is 45.6 Å². The van der Waals surface area contributed by atoms with Gasteiger partial charge in [-0.25, -0.2) is 0 Å². The largest absolute Gasteiger partial charge is 0.394 e. The zero-order valence-corrected chi connectivity index (χ0v) is 51.1. The molecule has 14 nitrogen and oxygen atoms in total. The number of aliphatic hydroxyl groups excluding tert-OH is 8. The van der Waals surface area contributed by atoms with Gasteiger partial charge in [0.05, 0.1) is 32.0 Å². The van der Waals surface area contributed by atoms with Crippen molar-refractivity contribution in [3.05, 3.63) is 158 Å². The fourth-order valence-electron chi connectivity index (χ4n) is 9.13. The van der Waals surface area contributed by atoms with Gasteiger partial charge >= 0.3 is 0 Å². The zero-order chi connectivity index (χ0) is 60.9. The van der Waals surface area contributed by atoms with Crippen LogP contribution in [0.15, 0.2) is 158 Å². The summed E-state index contributed by atoms with van der Waals surface area (Å²) < 4.78 is 22.7. The van der Waals surface area contributed by atoms with E-state index in [1.165, 1.54) is 44.9 Å². The lowest BCUT2D eigenvalue weighted by molar-refractivity contribution is -0.359. The fraction of sp³-hybridized carbons (Fsp3) is 0.614. The molecule has 0 radical (unpaired) electrons. The minimum Gasteiger partial charge on any atom is -0.394 e. The highest BCUT2D eigenvalue weighted by atomic mass is 16.7. The van der Waals surface area contributed by atoms with Crippen LogP contribution in [0.1, 0.15) is 181 Å². The second-order valence-corrected chi connectivity index (χ2v) is 21.4. The molecule has 1 amide bonds. The van der Waals surface area contributed by atoms with Crippen molar-refractivity contribution in [1.82, 2.24) is 5.32 Å². The number of unbranched alkanes of at least 4 members (excludes halogenated alkanes) is 11. The topological polar surface area (TPSA) is 228 Å². The number of nitrogens with one attached hydrogen (secondary N) is 1. The van der Waals surface area contributed by atoms with Crippen LogP contribution in [0.2, 0.25) is 0 Å². The first kappa shape index (κ1) is 75.7. The number of hydrogen-bond acceptors (Lipinski definition) is 13. The van der Waals surface area contributed by atoms with Gasteiger partial charge in [-0.05, 0) is 116 Å². The molecule has 14 heteroatoms. The van der Waals surface area contributed by atoms with Crippen LogP contribution in [-0.4, -0.2) is 140 Å². The third kappa shape index (κ3) is 37.2. The molecule has 0 spiro atoms. The molecule has 2 saturated heterocycles. The first-order valence-electron chi connectivity index (χ1n) is 31.7. The van der Waals surface area contributed by atoms with Crippen LogP contribution in [0, 0.1) is 0 Å². The standard InChI is InChI=1S/C70H111NO13/c1-3-5-7-9-11-13-15-17-18-19-20-21-22-23-24-25-26-27-28-29-30-31-32-33-34-35-36-37-38-39-40-42-44-46-48-50-52-54-62(75)71-58(59(74)53-51-49-47-45-43-41-16-14-12-10-8-6-4-2)57-81-69-67(80)65(78)68(61(56-73)83-69)84-70-66(79)64(77)63(76)60(55-72)82-70/h5,7,11,13,17-18,20-21,23-24,26-27,29-30,32-33,35-36,38-39,42-45,51,53,58-61,63-70,72-74,76-80H,3-4,6,8-10,12,14-16,19,22,25,28,31,34,37,40-41,46-50,52,54-57H2,1-2H3,(H,71,75)/b7-5-,13-11-,18-17-,21-20-,24-23-,27-26-,30-29-,33-32-,36-35-,39-38-,44-42-,45-43+,53-51+. The highest BCUT2D eigenvalue weighted by molar-refractivity contribution is 5.76. The maximum atomic E-state index is 13.2. The third-order valence-electron chi connectivity index (χ3n) is 14.2. The zero-order valence-electron chi connectivity index (χ0n) is 51.1. The Kier molecular flexibility index (Phi) is 47.7. The Morgan fingerprint density at radius 2 is 0.833 bits per heavy atom. The van der Waals surface area contributed by atoms with Crippen LogP contribution in [0.25, 0.3) is 0 Å². The van der Waals surface area contributed by atoms with Gasteiger partial charge in [0.1, 0.15) is 48.8 Å². The summed E-state index contributed by atoms with van der Waals surface area (Å²) >= 11 is 0. The lowest BCUT2D eigenvalue weighted by atomic mass is 9.97. The summed E-state index contributed by atoms with van der Waals surface area (Å²) in [6.45, 7) is 2.59. The lowest BCUT2D eigenvalue weighted by Crippen LogP contribution is -2.65. The van der Waals surface area contributed by atoms with Gasteiger partial charge < -0.3 is 65.1 Å². The average molecular weight is 1170 g/mol. The number of hydrogen-bond donors (Lipinski definition) is 9. The van der Waals surface area contributed by atoms with Crippen molar-refractivity contribution in [3.8, 4) is 0 Å². The summed E-state index contributed by atoms with van der Waals surface area (Å²) in [6, 6.07) is -0.961. The minimum absolute atomic E-state index is 0.222. The number of aliphatic hydroxyl groups is 8. The predicted molar refractivity (Wildman–Crippen MR) is 341 cm³/mol. The quantitative estimate of drug-likeness (QED) is 0.0204. The van der Waals surface area contributed by atoms with Crippen molar-refractivity contribution in [2.45, 2.75) is 254 Å². The smallest absolute Gasteiger partial charge is 0.220 e. The van der Waals surface area contributed by atoms with Crippen molar-refractivity contribution in [2.75, 3.05) is 19.8 Å². The Hall–Kier alpha value is -4.39. The van der Waals surface area contributed by atoms with E-state index in [4.69, 9.17) is 18.9 Å². The van der Waals surface area contributed by atoms with E-state index in [0.29, 0.717) is 12.8 Å². The summed E-state index contributed by atoms with van der Waals surface area (Å²) in [4.78, 5) is 13.2. The molecule has 0 aromatic carbocycles. The number of allylic oxidation sites excluding steroid dienone is 25. The Bertz CT molecular complexity index is 2010. The second-order valence-electron chi connectivity index (χ2n) is 21.4. The molecule has 84 heavy (non-hydrogen) atoms. The highest BCUT2D eigenvalue weighted by Crippen LogP contribution is 2.30. The molecule has 0 aromatic heterocycles. The van der Waals surface area contributed by atoms with Gasteiger partial charge in [-0.15, -0.1) is 0 Å². The first-order chi connectivity index (χ1) is 41.1. The SMILES string of the molecule is CC/C=C\C/C=C\C/C=C\C/C=C\C/C=C\C/C=C\C/C=C\C/C=C\C/C=C\C/C=C\C/C=C\CCCCCC(=O)NC(COC1OC(CO)C(OC2OC(CO)C(O)C(O)C2O)C(O)C1O)C(O)/C=C/CC/C=C/CCCCCCCCC. The first-order valence-corrected chi connectivity index (χ1v) is 31.7. The average Bonchev–Trinajstić information content (AvgIpc) is 2.58. The maximum absolute atomic E-state index is 13.2. The maximum Gasteiger partial charge on any atom is 0.220 e. The van der Waals surface area contributed by atoms with E-state index in [0.717, 1.165) is 103 Å². The molecule has 12 unspecified atom stereocenters. The number of carbonyl (C=O) groups is 1. The number of ether oxygens (including phenoxy) is 4. The molecule has 2 rings (SSSR count). The minimum atomic E-state index is -1.80. The van der Waals surface area contributed by atoms with Crippen LogP contribution in [0.5, 0.6) is 0 Å². The fourth-order valence-corrected chi connectivity index (χ4v) is 9.13. The van der Waals surface area contributed by atoms with Gasteiger partial charge in [-0.3, -0.25) is 4.79 Å². The van der Waals surface area contributed by atoms with Crippen molar-refractivity contribution >= 4 is 5.91 Å². The Balaban J connectivity index is 1.70. The molecule has 0 aliphatic carbocycles. The molecule has 474 valence electrons. The van der Waals surface area contributed by atoms with Crippen LogP contribution in [0.4, 0.5) is 0 Å². The van der Waals surface area contributed by atoms with Crippen molar-refractivity contribution in [3.63, 3.8) is 0 Å². The van der Waals surface area contributed by atoms with Gasteiger partial charge in [-0.1, -0.05) is 217 Å². The van der Waals surface area contributed by atoms with E-state index in [2.05, 4.69) is 165 Å². The summed E-state index contributed by atoms with van der Waals surface area (Å²) in [7, 11) is 0.